The van der Waals surface area contributed by atoms with Crippen LogP contribution in [0.15, 0.2) is 40.1 Å². The minimum atomic E-state index is -4.73. The van der Waals surface area contributed by atoms with E-state index in [1.807, 2.05) is 0 Å². The Morgan fingerprint density at radius 1 is 1.30 bits per heavy atom. The topological polar surface area (TPSA) is 72.2 Å². The highest BCUT2D eigenvalue weighted by molar-refractivity contribution is 7.89. The predicted octanol–water partition coefficient (Wildman–Crippen LogP) is 3.26. The van der Waals surface area contributed by atoms with E-state index < -0.39 is 31.7 Å². The van der Waals surface area contributed by atoms with E-state index in [1.54, 1.807) is 0 Å². The highest BCUT2D eigenvalue weighted by Crippen LogP contribution is 2.35. The summed E-state index contributed by atoms with van der Waals surface area (Å²) in [4.78, 5) is -0.487. The summed E-state index contributed by atoms with van der Waals surface area (Å²) in [6.45, 7) is 0.0670. The van der Waals surface area contributed by atoms with Crippen LogP contribution < -0.4 is 4.72 Å². The van der Waals surface area contributed by atoms with Crippen molar-refractivity contribution >= 4 is 21.6 Å². The number of nitrogens with zero attached hydrogens (tertiary/aromatic N) is 1. The zero-order valence-corrected chi connectivity index (χ0v) is 13.2. The fourth-order valence-electron chi connectivity index (χ4n) is 1.82. The lowest BCUT2D eigenvalue weighted by Crippen LogP contribution is -2.25. The summed E-state index contributed by atoms with van der Waals surface area (Å²) in [5, 5.41) is 2.95. The van der Waals surface area contributed by atoms with E-state index >= 15 is 0 Å². The van der Waals surface area contributed by atoms with E-state index in [0.29, 0.717) is 18.9 Å². The van der Waals surface area contributed by atoms with E-state index in [1.165, 1.54) is 12.5 Å². The number of hydrogen-bond acceptors (Lipinski definition) is 4. The van der Waals surface area contributed by atoms with Gasteiger partial charge < -0.3 is 4.52 Å². The zero-order valence-electron chi connectivity index (χ0n) is 11.6. The number of halogens is 4. The number of aryl methyl sites for hydroxylation is 1. The fourth-order valence-corrected chi connectivity index (χ4v) is 3.15. The summed E-state index contributed by atoms with van der Waals surface area (Å²) < 4.78 is 69.2. The third-order valence-electron chi connectivity index (χ3n) is 2.97. The van der Waals surface area contributed by atoms with Crippen LogP contribution in [0.2, 0.25) is 5.02 Å². The Balaban J connectivity index is 2.04. The number of aromatic nitrogens is 1. The summed E-state index contributed by atoms with van der Waals surface area (Å²) >= 11 is 5.46. The van der Waals surface area contributed by atoms with Crippen LogP contribution in [-0.2, 0) is 22.6 Å². The Kier molecular flexibility index (Phi) is 5.33. The van der Waals surface area contributed by atoms with Gasteiger partial charge >= 0.3 is 6.18 Å². The number of alkyl halides is 3. The van der Waals surface area contributed by atoms with Crippen LogP contribution in [0.4, 0.5) is 13.2 Å². The van der Waals surface area contributed by atoms with Gasteiger partial charge in [-0.05, 0) is 31.0 Å². The number of sulfonamides is 1. The lowest BCUT2D eigenvalue weighted by atomic mass is 10.2. The molecule has 0 unspecified atom stereocenters. The van der Waals surface area contributed by atoms with Gasteiger partial charge in [-0.3, -0.25) is 0 Å². The first-order valence-electron chi connectivity index (χ1n) is 6.45. The molecule has 0 aliphatic heterocycles. The van der Waals surface area contributed by atoms with Gasteiger partial charge in [0.25, 0.3) is 0 Å². The van der Waals surface area contributed by atoms with E-state index in [0.717, 1.165) is 17.7 Å². The lowest BCUT2D eigenvalue weighted by Gasteiger charge is -2.12. The standard InChI is InChI=1S/C13H12ClF3N2O3S/c14-12-4-3-10(6-11(12)13(15,16)17)23(20,21)19-5-1-2-9-7-18-22-8-9/h3-4,6-8,19H,1-2,5H2. The molecule has 10 heteroatoms. The van der Waals surface area contributed by atoms with Crippen molar-refractivity contribution < 1.29 is 26.1 Å². The van der Waals surface area contributed by atoms with Crippen molar-refractivity contribution in [2.45, 2.75) is 23.9 Å². The Morgan fingerprint density at radius 3 is 2.65 bits per heavy atom. The Labute approximate surface area is 135 Å². The molecule has 0 radical (unpaired) electrons. The monoisotopic (exact) mass is 368 g/mol. The number of rotatable bonds is 6. The van der Waals surface area contributed by atoms with Gasteiger partial charge in [-0.2, -0.15) is 13.2 Å². The Hall–Kier alpha value is -1.58. The van der Waals surface area contributed by atoms with Crippen molar-refractivity contribution in [2.24, 2.45) is 0 Å². The SMILES string of the molecule is O=S(=O)(NCCCc1cnoc1)c1ccc(Cl)c(C(F)(F)F)c1. The van der Waals surface area contributed by atoms with Crippen LogP contribution in [-0.4, -0.2) is 20.1 Å². The van der Waals surface area contributed by atoms with Gasteiger partial charge in [0.05, 0.1) is 21.7 Å². The molecule has 5 nitrogen and oxygen atoms in total. The zero-order chi connectivity index (χ0) is 17.1. The molecule has 0 atom stereocenters. The second-order valence-corrected chi connectivity index (χ2v) is 6.85. The van der Waals surface area contributed by atoms with Crippen molar-refractivity contribution in [2.75, 3.05) is 6.54 Å². The first kappa shape index (κ1) is 17.8. The third-order valence-corrected chi connectivity index (χ3v) is 4.76. The maximum Gasteiger partial charge on any atom is 0.417 e. The van der Waals surface area contributed by atoms with Crippen LogP contribution in [0.5, 0.6) is 0 Å². The molecule has 1 heterocycles. The van der Waals surface area contributed by atoms with Crippen LogP contribution in [0.3, 0.4) is 0 Å². The van der Waals surface area contributed by atoms with Crippen molar-refractivity contribution in [1.82, 2.24) is 9.88 Å². The van der Waals surface area contributed by atoms with Crippen molar-refractivity contribution in [1.29, 1.82) is 0 Å². The van der Waals surface area contributed by atoms with Crippen molar-refractivity contribution in [3.63, 3.8) is 0 Å². The van der Waals surface area contributed by atoms with Crippen LogP contribution in [0.1, 0.15) is 17.5 Å². The molecule has 0 saturated carbocycles. The van der Waals surface area contributed by atoms with E-state index in [4.69, 9.17) is 11.6 Å². The van der Waals surface area contributed by atoms with E-state index in [9.17, 15) is 21.6 Å². The maximum atomic E-state index is 12.8. The first-order chi connectivity index (χ1) is 10.7. The molecular formula is C13H12ClF3N2O3S. The molecule has 0 spiro atoms. The van der Waals surface area contributed by atoms with Crippen LogP contribution in [0, 0.1) is 0 Å². The molecule has 2 aromatic rings. The van der Waals surface area contributed by atoms with Gasteiger partial charge in [-0.15, -0.1) is 0 Å². The van der Waals surface area contributed by atoms with Crippen molar-refractivity contribution in [3.05, 3.63) is 46.8 Å². The van der Waals surface area contributed by atoms with Gasteiger partial charge in [-0.1, -0.05) is 16.8 Å². The molecule has 0 fully saturated rings. The summed E-state index contributed by atoms with van der Waals surface area (Å²) in [5.41, 5.74) is -0.387. The molecule has 1 N–H and O–H groups in total. The summed E-state index contributed by atoms with van der Waals surface area (Å²) in [6, 6.07) is 2.46. The highest BCUT2D eigenvalue weighted by Gasteiger charge is 2.34. The first-order valence-corrected chi connectivity index (χ1v) is 8.31. The Bertz CT molecular complexity index is 761. The molecule has 2 rings (SSSR count). The molecule has 1 aromatic heterocycles. The minimum Gasteiger partial charge on any atom is -0.364 e. The molecule has 23 heavy (non-hydrogen) atoms. The Morgan fingerprint density at radius 2 is 2.04 bits per heavy atom. The van der Waals surface area contributed by atoms with E-state index in [2.05, 4.69) is 14.4 Å². The fraction of sp³-hybridized carbons (Fsp3) is 0.308. The van der Waals surface area contributed by atoms with Crippen LogP contribution >= 0.6 is 11.6 Å². The number of hydrogen-bond donors (Lipinski definition) is 1. The molecule has 0 aliphatic rings. The van der Waals surface area contributed by atoms with Gasteiger partial charge in [0, 0.05) is 12.1 Å². The average Bonchev–Trinajstić information content (AvgIpc) is 2.96. The molecular weight excluding hydrogens is 357 g/mol. The predicted molar refractivity (Wildman–Crippen MR) is 76.5 cm³/mol. The second kappa shape index (κ2) is 6.90. The lowest BCUT2D eigenvalue weighted by molar-refractivity contribution is -0.137. The quantitative estimate of drug-likeness (QED) is 0.794. The molecule has 0 bridgehead atoms. The smallest absolute Gasteiger partial charge is 0.364 e. The van der Waals surface area contributed by atoms with Gasteiger partial charge in [-0.25, -0.2) is 13.1 Å². The molecule has 1 aromatic carbocycles. The molecule has 126 valence electrons. The molecule has 0 amide bonds. The van der Waals surface area contributed by atoms with E-state index in [-0.39, 0.29) is 6.54 Å². The van der Waals surface area contributed by atoms with Crippen LogP contribution in [0.25, 0.3) is 0 Å². The van der Waals surface area contributed by atoms with Gasteiger partial charge in [0.15, 0.2) is 0 Å². The highest BCUT2D eigenvalue weighted by atomic mass is 35.5. The maximum absolute atomic E-state index is 12.8. The normalized spacial score (nSPS) is 12.5. The van der Waals surface area contributed by atoms with Crippen molar-refractivity contribution in [3.8, 4) is 0 Å². The second-order valence-electron chi connectivity index (χ2n) is 4.67. The average molecular weight is 369 g/mol. The number of benzene rings is 1. The summed E-state index contributed by atoms with van der Waals surface area (Å²) in [7, 11) is -4.05. The minimum absolute atomic E-state index is 0.0670. The molecule has 0 saturated heterocycles. The summed E-state index contributed by atoms with van der Waals surface area (Å²) in [6.07, 6.45) is -0.815. The van der Waals surface area contributed by atoms with Gasteiger partial charge in [0.2, 0.25) is 10.0 Å². The third kappa shape index (κ3) is 4.69. The van der Waals surface area contributed by atoms with Gasteiger partial charge in [0.1, 0.15) is 6.26 Å². The number of nitrogens with one attached hydrogen (secondary N) is 1. The largest absolute Gasteiger partial charge is 0.417 e. The molecule has 0 aliphatic carbocycles. The summed E-state index contributed by atoms with van der Waals surface area (Å²) in [5.74, 6) is 0.